The number of amides is 1. The average molecular weight is 464 g/mol. The summed E-state index contributed by atoms with van der Waals surface area (Å²) in [6.07, 6.45) is 3.40. The molecule has 0 unspecified atom stereocenters. The summed E-state index contributed by atoms with van der Waals surface area (Å²) in [6.45, 7) is 2.24. The Morgan fingerprint density at radius 2 is 1.82 bits per heavy atom. The summed E-state index contributed by atoms with van der Waals surface area (Å²) in [6, 6.07) is 15.2. The number of anilines is 1. The van der Waals surface area contributed by atoms with Gasteiger partial charge in [-0.3, -0.25) is 4.79 Å². The number of rotatable bonds is 12. The van der Waals surface area contributed by atoms with Gasteiger partial charge < -0.3 is 25.0 Å². The van der Waals surface area contributed by atoms with Gasteiger partial charge in [-0.1, -0.05) is 18.2 Å². The summed E-state index contributed by atoms with van der Waals surface area (Å²) in [5.41, 5.74) is 3.35. The molecule has 0 radical (unpaired) electrons. The van der Waals surface area contributed by atoms with E-state index in [-0.39, 0.29) is 5.91 Å². The van der Waals surface area contributed by atoms with E-state index in [9.17, 15) is 4.79 Å². The number of nitrogens with zero attached hydrogens (tertiary/aromatic N) is 3. The lowest BCUT2D eigenvalue weighted by Crippen LogP contribution is -2.27. The molecular weight excluding hydrogens is 430 g/mol. The Labute approximate surface area is 201 Å². The second kappa shape index (κ2) is 12.6. The molecule has 34 heavy (non-hydrogen) atoms. The summed E-state index contributed by atoms with van der Waals surface area (Å²) < 4.78 is 10.7. The van der Waals surface area contributed by atoms with E-state index < -0.39 is 0 Å². The first kappa shape index (κ1) is 25.0. The Balaban J connectivity index is 1.60. The molecule has 1 aromatic heterocycles. The van der Waals surface area contributed by atoms with Crippen molar-refractivity contribution in [2.24, 2.45) is 0 Å². The number of benzene rings is 2. The molecule has 2 N–H and O–H groups in total. The van der Waals surface area contributed by atoms with Crippen LogP contribution in [0.3, 0.4) is 0 Å². The van der Waals surface area contributed by atoms with Crippen molar-refractivity contribution in [3.63, 3.8) is 0 Å². The maximum absolute atomic E-state index is 12.5. The van der Waals surface area contributed by atoms with Gasteiger partial charge in [0.15, 0.2) is 11.5 Å². The largest absolute Gasteiger partial charge is 0.493 e. The van der Waals surface area contributed by atoms with E-state index in [1.54, 1.807) is 20.4 Å². The van der Waals surface area contributed by atoms with Crippen LogP contribution in [0.25, 0.3) is 11.3 Å². The molecule has 0 saturated carbocycles. The lowest BCUT2D eigenvalue weighted by atomic mass is 10.1. The second-order valence-corrected chi connectivity index (χ2v) is 8.13. The first-order valence-corrected chi connectivity index (χ1v) is 11.3. The third-order valence-corrected chi connectivity index (χ3v) is 5.29. The van der Waals surface area contributed by atoms with Crippen LogP contribution in [0, 0.1) is 0 Å². The number of nitrogens with one attached hydrogen (secondary N) is 2. The summed E-state index contributed by atoms with van der Waals surface area (Å²) in [5.74, 6) is 1.87. The molecule has 0 aliphatic heterocycles. The topological polar surface area (TPSA) is 88.6 Å². The van der Waals surface area contributed by atoms with Crippen molar-refractivity contribution in [1.82, 2.24) is 20.2 Å². The van der Waals surface area contributed by atoms with Crippen LogP contribution >= 0.6 is 0 Å². The average Bonchev–Trinajstić information content (AvgIpc) is 2.86. The Bertz CT molecular complexity index is 1090. The highest BCUT2D eigenvalue weighted by molar-refractivity contribution is 5.95. The normalized spacial score (nSPS) is 10.7. The minimum atomic E-state index is -0.0806. The van der Waals surface area contributed by atoms with Crippen molar-refractivity contribution in [2.45, 2.75) is 12.8 Å². The minimum absolute atomic E-state index is 0.0806. The van der Waals surface area contributed by atoms with E-state index in [1.165, 1.54) is 0 Å². The zero-order chi connectivity index (χ0) is 24.3. The highest BCUT2D eigenvalue weighted by atomic mass is 16.5. The lowest BCUT2D eigenvalue weighted by molar-refractivity contribution is 0.0952. The van der Waals surface area contributed by atoms with E-state index in [2.05, 4.69) is 25.5 Å². The van der Waals surface area contributed by atoms with Gasteiger partial charge >= 0.3 is 0 Å². The highest BCUT2D eigenvalue weighted by Crippen LogP contribution is 2.27. The lowest BCUT2D eigenvalue weighted by Gasteiger charge is -2.11. The Hall–Kier alpha value is -3.65. The van der Waals surface area contributed by atoms with Crippen molar-refractivity contribution in [3.05, 3.63) is 65.9 Å². The molecule has 8 heteroatoms. The molecule has 8 nitrogen and oxygen atoms in total. The van der Waals surface area contributed by atoms with Crippen LogP contribution < -0.4 is 20.1 Å². The monoisotopic (exact) mass is 463 g/mol. The van der Waals surface area contributed by atoms with Gasteiger partial charge in [-0.15, -0.1) is 0 Å². The summed E-state index contributed by atoms with van der Waals surface area (Å²) in [5, 5.41) is 6.25. The van der Waals surface area contributed by atoms with E-state index in [0.29, 0.717) is 36.1 Å². The van der Waals surface area contributed by atoms with Gasteiger partial charge in [-0.25, -0.2) is 9.97 Å². The fraction of sp³-hybridized carbons (Fsp3) is 0.346. The molecule has 0 saturated heterocycles. The minimum Gasteiger partial charge on any atom is -0.493 e. The number of aromatic nitrogens is 2. The number of ether oxygens (including phenoxy) is 2. The maximum atomic E-state index is 12.5. The van der Waals surface area contributed by atoms with Crippen LogP contribution in [0.1, 0.15) is 22.3 Å². The third kappa shape index (κ3) is 7.18. The van der Waals surface area contributed by atoms with E-state index >= 15 is 0 Å². The Morgan fingerprint density at radius 1 is 1.00 bits per heavy atom. The molecule has 0 fully saturated rings. The van der Waals surface area contributed by atoms with E-state index in [1.807, 2.05) is 62.6 Å². The van der Waals surface area contributed by atoms with Crippen LogP contribution in [-0.4, -0.2) is 68.7 Å². The second-order valence-electron chi connectivity index (χ2n) is 8.13. The SMILES string of the molecule is COc1ccc(CCNc2nccc(-c3cccc(C(=O)NCCCN(C)C)c3)n2)cc1OC. The molecule has 180 valence electrons. The Kier molecular flexibility index (Phi) is 9.22. The van der Waals surface area contributed by atoms with Gasteiger partial charge in [0.2, 0.25) is 5.95 Å². The van der Waals surface area contributed by atoms with Crippen LogP contribution in [-0.2, 0) is 6.42 Å². The van der Waals surface area contributed by atoms with Gasteiger partial charge in [-0.2, -0.15) is 0 Å². The molecule has 3 aromatic rings. The molecule has 0 spiro atoms. The fourth-order valence-corrected chi connectivity index (χ4v) is 3.48. The zero-order valence-electron chi connectivity index (χ0n) is 20.3. The standard InChI is InChI=1S/C26H33N5O3/c1-31(2)16-6-13-27-25(32)21-8-5-7-20(18-21)22-12-15-29-26(30-22)28-14-11-19-9-10-23(33-3)24(17-19)34-4/h5,7-10,12,15,17-18H,6,11,13-14,16H2,1-4H3,(H,27,32)(H,28,29,30). The van der Waals surface area contributed by atoms with Gasteiger partial charge in [0.25, 0.3) is 5.91 Å². The van der Waals surface area contributed by atoms with Crippen LogP contribution in [0.5, 0.6) is 11.5 Å². The quantitative estimate of drug-likeness (QED) is 0.398. The molecular formula is C26H33N5O3. The molecule has 2 aromatic carbocycles. The van der Waals surface area contributed by atoms with Gasteiger partial charge in [0, 0.05) is 30.4 Å². The smallest absolute Gasteiger partial charge is 0.251 e. The summed E-state index contributed by atoms with van der Waals surface area (Å²) in [4.78, 5) is 23.6. The zero-order valence-corrected chi connectivity index (χ0v) is 20.3. The predicted molar refractivity (Wildman–Crippen MR) is 135 cm³/mol. The first-order valence-electron chi connectivity index (χ1n) is 11.3. The van der Waals surface area contributed by atoms with Crippen molar-refractivity contribution < 1.29 is 14.3 Å². The maximum Gasteiger partial charge on any atom is 0.251 e. The number of carbonyl (C=O) groups excluding carboxylic acids is 1. The van der Waals surface area contributed by atoms with Crippen LogP contribution in [0.2, 0.25) is 0 Å². The molecule has 0 bridgehead atoms. The van der Waals surface area contributed by atoms with Crippen molar-refractivity contribution in [1.29, 1.82) is 0 Å². The number of hydrogen-bond acceptors (Lipinski definition) is 7. The molecule has 1 amide bonds. The molecule has 0 atom stereocenters. The van der Waals surface area contributed by atoms with Crippen molar-refractivity contribution in [3.8, 4) is 22.8 Å². The van der Waals surface area contributed by atoms with Crippen LogP contribution in [0.15, 0.2) is 54.7 Å². The Morgan fingerprint density at radius 3 is 2.59 bits per heavy atom. The highest BCUT2D eigenvalue weighted by Gasteiger charge is 2.09. The van der Waals surface area contributed by atoms with E-state index in [0.717, 1.165) is 36.2 Å². The molecule has 0 aliphatic carbocycles. The molecule has 1 heterocycles. The number of methoxy groups -OCH3 is 2. The fourth-order valence-electron chi connectivity index (χ4n) is 3.48. The van der Waals surface area contributed by atoms with Gasteiger partial charge in [-0.05, 0) is 69.4 Å². The summed E-state index contributed by atoms with van der Waals surface area (Å²) in [7, 11) is 7.29. The third-order valence-electron chi connectivity index (χ3n) is 5.29. The van der Waals surface area contributed by atoms with Gasteiger partial charge in [0.1, 0.15) is 0 Å². The molecule has 3 rings (SSSR count). The van der Waals surface area contributed by atoms with Crippen LogP contribution in [0.4, 0.5) is 5.95 Å². The first-order chi connectivity index (χ1) is 16.5. The summed E-state index contributed by atoms with van der Waals surface area (Å²) >= 11 is 0. The van der Waals surface area contributed by atoms with Gasteiger partial charge in [0.05, 0.1) is 19.9 Å². The van der Waals surface area contributed by atoms with Crippen molar-refractivity contribution in [2.75, 3.05) is 53.3 Å². The number of hydrogen-bond donors (Lipinski definition) is 2. The predicted octanol–water partition coefficient (Wildman–Crippen LogP) is 3.50. The van der Waals surface area contributed by atoms with E-state index in [4.69, 9.17) is 9.47 Å². The molecule has 0 aliphatic rings. The van der Waals surface area contributed by atoms with Crippen molar-refractivity contribution >= 4 is 11.9 Å². The number of carbonyl (C=O) groups is 1.